The molecule has 0 N–H and O–H groups in total. The van der Waals surface area contributed by atoms with E-state index in [4.69, 9.17) is 27.9 Å². The Bertz CT molecular complexity index is 660. The topological polar surface area (TPSA) is 26.3 Å². The number of rotatable bonds is 2. The molecule has 1 aliphatic rings. The number of halogens is 2. The molecule has 0 aromatic heterocycles. The van der Waals surface area contributed by atoms with Crippen LogP contribution in [0.25, 0.3) is 0 Å². The average Bonchev–Trinajstić information content (AvgIpc) is 2.46. The van der Waals surface area contributed by atoms with E-state index in [2.05, 4.69) is 0 Å². The number of aryl methyl sites for hydroxylation is 1. The molecule has 1 aliphatic heterocycles. The van der Waals surface area contributed by atoms with Crippen LogP contribution < -0.4 is 4.74 Å². The van der Waals surface area contributed by atoms with Crippen LogP contribution in [0.1, 0.15) is 27.9 Å². The van der Waals surface area contributed by atoms with Crippen LogP contribution in [0.4, 0.5) is 0 Å². The summed E-state index contributed by atoms with van der Waals surface area (Å²) in [6.45, 7) is 0.733. The lowest BCUT2D eigenvalue weighted by Crippen LogP contribution is -2.10. The van der Waals surface area contributed by atoms with Crippen molar-refractivity contribution in [2.24, 2.45) is 0 Å². The lowest BCUT2D eigenvalue weighted by atomic mass is 9.98. The van der Waals surface area contributed by atoms with Crippen molar-refractivity contribution < 1.29 is 9.53 Å². The zero-order valence-corrected chi connectivity index (χ0v) is 12.2. The Morgan fingerprint density at radius 2 is 1.85 bits per heavy atom. The number of ether oxygens (including phenoxy) is 1. The van der Waals surface area contributed by atoms with Crippen molar-refractivity contribution in [3.8, 4) is 5.75 Å². The molecular weight excluding hydrogens is 295 g/mol. The highest BCUT2D eigenvalue weighted by Crippen LogP contribution is 2.30. The van der Waals surface area contributed by atoms with Gasteiger partial charge in [0.25, 0.3) is 0 Å². The van der Waals surface area contributed by atoms with Gasteiger partial charge in [0.1, 0.15) is 5.75 Å². The molecule has 0 radical (unpaired) electrons. The van der Waals surface area contributed by atoms with E-state index in [9.17, 15) is 4.79 Å². The van der Waals surface area contributed by atoms with E-state index in [1.54, 1.807) is 24.3 Å². The summed E-state index contributed by atoms with van der Waals surface area (Å²) in [5.74, 6) is 0.701. The summed E-state index contributed by atoms with van der Waals surface area (Å²) in [6.07, 6.45) is 1.89. The van der Waals surface area contributed by atoms with E-state index in [0.29, 0.717) is 21.2 Å². The van der Waals surface area contributed by atoms with Gasteiger partial charge in [0.2, 0.25) is 0 Å². The maximum Gasteiger partial charge on any atom is 0.196 e. The fourth-order valence-corrected chi connectivity index (χ4v) is 2.93. The first-order valence-electron chi connectivity index (χ1n) is 6.41. The van der Waals surface area contributed by atoms with Crippen molar-refractivity contribution in [2.75, 3.05) is 6.61 Å². The second kappa shape index (κ2) is 5.47. The van der Waals surface area contributed by atoms with Gasteiger partial charge in [-0.05, 0) is 48.7 Å². The summed E-state index contributed by atoms with van der Waals surface area (Å²) in [6, 6.07) is 10.5. The van der Waals surface area contributed by atoms with Crippen LogP contribution in [0.3, 0.4) is 0 Å². The number of carbonyl (C=O) groups is 1. The molecule has 2 aromatic carbocycles. The van der Waals surface area contributed by atoms with E-state index in [1.165, 1.54) is 0 Å². The molecule has 4 heteroatoms. The van der Waals surface area contributed by atoms with Gasteiger partial charge in [-0.3, -0.25) is 4.79 Å². The highest BCUT2D eigenvalue weighted by molar-refractivity contribution is 6.41. The van der Waals surface area contributed by atoms with Crippen LogP contribution in [0.2, 0.25) is 10.0 Å². The molecule has 0 saturated heterocycles. The zero-order valence-electron chi connectivity index (χ0n) is 10.7. The van der Waals surface area contributed by atoms with Gasteiger partial charge in [-0.15, -0.1) is 0 Å². The maximum absolute atomic E-state index is 12.6. The second-order valence-electron chi connectivity index (χ2n) is 4.70. The third kappa shape index (κ3) is 2.41. The Labute approximate surface area is 127 Å². The fourth-order valence-electron chi connectivity index (χ4n) is 2.36. The Hall–Kier alpha value is -1.51. The van der Waals surface area contributed by atoms with E-state index < -0.39 is 0 Å². The standard InChI is InChI=1S/C16H12Cl2O2/c17-12-4-1-5-13(18)15(12)16(19)11-6-7-14-10(9-11)3-2-8-20-14/h1,4-7,9H,2-3,8H2. The number of hydrogen-bond acceptors (Lipinski definition) is 2. The van der Waals surface area contributed by atoms with Crippen molar-refractivity contribution in [3.63, 3.8) is 0 Å². The lowest BCUT2D eigenvalue weighted by molar-refractivity contribution is 0.103. The van der Waals surface area contributed by atoms with E-state index in [-0.39, 0.29) is 5.78 Å². The molecular formula is C16H12Cl2O2. The molecule has 0 spiro atoms. The summed E-state index contributed by atoms with van der Waals surface area (Å²) in [4.78, 5) is 12.6. The van der Waals surface area contributed by atoms with E-state index in [1.807, 2.05) is 12.1 Å². The van der Waals surface area contributed by atoms with Gasteiger partial charge in [-0.2, -0.15) is 0 Å². The predicted molar refractivity (Wildman–Crippen MR) is 80.2 cm³/mol. The Kier molecular flexibility index (Phi) is 3.68. The monoisotopic (exact) mass is 306 g/mol. The highest BCUT2D eigenvalue weighted by atomic mass is 35.5. The van der Waals surface area contributed by atoms with Crippen LogP contribution in [-0.2, 0) is 6.42 Å². The van der Waals surface area contributed by atoms with Crippen molar-refractivity contribution in [3.05, 3.63) is 63.1 Å². The first-order valence-corrected chi connectivity index (χ1v) is 7.17. The first kappa shape index (κ1) is 13.5. The van der Waals surface area contributed by atoms with Crippen LogP contribution in [-0.4, -0.2) is 12.4 Å². The molecule has 0 amide bonds. The van der Waals surface area contributed by atoms with Crippen molar-refractivity contribution >= 4 is 29.0 Å². The van der Waals surface area contributed by atoms with Gasteiger partial charge < -0.3 is 4.74 Å². The molecule has 0 atom stereocenters. The van der Waals surface area contributed by atoms with Crippen LogP contribution >= 0.6 is 23.2 Å². The predicted octanol–water partition coefficient (Wildman–Crippen LogP) is 4.55. The van der Waals surface area contributed by atoms with Crippen molar-refractivity contribution in [2.45, 2.75) is 12.8 Å². The second-order valence-corrected chi connectivity index (χ2v) is 5.51. The number of benzene rings is 2. The minimum absolute atomic E-state index is 0.158. The summed E-state index contributed by atoms with van der Waals surface area (Å²) in [5.41, 5.74) is 2.00. The molecule has 0 fully saturated rings. The smallest absolute Gasteiger partial charge is 0.196 e. The molecule has 2 aromatic rings. The third-order valence-corrected chi connectivity index (χ3v) is 3.99. The number of fused-ring (bicyclic) bond motifs is 1. The summed E-state index contributed by atoms with van der Waals surface area (Å²) < 4.78 is 5.55. The van der Waals surface area contributed by atoms with Crippen LogP contribution in [0.5, 0.6) is 5.75 Å². The van der Waals surface area contributed by atoms with Gasteiger partial charge in [-0.25, -0.2) is 0 Å². The molecule has 0 aliphatic carbocycles. The lowest BCUT2D eigenvalue weighted by Gasteiger charge is -2.17. The third-order valence-electron chi connectivity index (χ3n) is 3.36. The molecule has 3 rings (SSSR count). The van der Waals surface area contributed by atoms with Gasteiger partial charge in [0.05, 0.1) is 22.2 Å². The molecule has 20 heavy (non-hydrogen) atoms. The van der Waals surface area contributed by atoms with Crippen molar-refractivity contribution in [1.29, 1.82) is 0 Å². The maximum atomic E-state index is 12.6. The van der Waals surface area contributed by atoms with Gasteiger partial charge in [0.15, 0.2) is 5.78 Å². The minimum Gasteiger partial charge on any atom is -0.493 e. The zero-order chi connectivity index (χ0) is 14.1. The van der Waals surface area contributed by atoms with Crippen molar-refractivity contribution in [1.82, 2.24) is 0 Å². The summed E-state index contributed by atoms with van der Waals surface area (Å²) in [7, 11) is 0. The number of ketones is 1. The molecule has 2 nitrogen and oxygen atoms in total. The molecule has 102 valence electrons. The number of carbonyl (C=O) groups excluding carboxylic acids is 1. The minimum atomic E-state index is -0.158. The Morgan fingerprint density at radius 1 is 1.10 bits per heavy atom. The first-order chi connectivity index (χ1) is 9.66. The molecule has 0 saturated carbocycles. The van der Waals surface area contributed by atoms with Crippen LogP contribution in [0.15, 0.2) is 36.4 Å². The van der Waals surface area contributed by atoms with Gasteiger partial charge >= 0.3 is 0 Å². The van der Waals surface area contributed by atoms with E-state index >= 15 is 0 Å². The SMILES string of the molecule is O=C(c1ccc2c(c1)CCCO2)c1c(Cl)cccc1Cl. The number of hydrogen-bond donors (Lipinski definition) is 0. The van der Waals surface area contributed by atoms with Gasteiger partial charge in [-0.1, -0.05) is 29.3 Å². The Morgan fingerprint density at radius 3 is 2.60 bits per heavy atom. The highest BCUT2D eigenvalue weighted by Gasteiger charge is 2.19. The summed E-state index contributed by atoms with van der Waals surface area (Å²) in [5, 5.41) is 0.743. The summed E-state index contributed by atoms with van der Waals surface area (Å²) >= 11 is 12.2. The van der Waals surface area contributed by atoms with E-state index in [0.717, 1.165) is 30.8 Å². The average molecular weight is 307 g/mol. The molecule has 0 bridgehead atoms. The quantitative estimate of drug-likeness (QED) is 0.761. The van der Waals surface area contributed by atoms with Gasteiger partial charge in [0, 0.05) is 5.56 Å². The molecule has 1 heterocycles. The molecule has 0 unspecified atom stereocenters. The Balaban J connectivity index is 2.03. The normalized spacial score (nSPS) is 13.5. The van der Waals surface area contributed by atoms with Crippen LogP contribution in [0, 0.1) is 0 Å². The fraction of sp³-hybridized carbons (Fsp3) is 0.188. The largest absolute Gasteiger partial charge is 0.493 e.